The molecule has 2 N–H and O–H groups in total. The monoisotopic (exact) mass is 203 g/mol. The molecule has 0 aliphatic heterocycles. The number of hydrogen-bond donors (Lipinski definition) is 1. The van der Waals surface area contributed by atoms with Gasteiger partial charge in [0.1, 0.15) is 0 Å². The quantitative estimate of drug-likeness (QED) is 0.575. The topological polar surface area (TPSA) is 26.0 Å². The number of benzene rings is 1. The lowest BCUT2D eigenvalue weighted by Crippen LogP contribution is -2.21. The second-order valence-corrected chi connectivity index (χ2v) is 4.37. The summed E-state index contributed by atoms with van der Waals surface area (Å²) in [5, 5.41) is 0. The predicted octanol–water partition coefficient (Wildman–Crippen LogP) is 2.04. The lowest BCUT2D eigenvalue weighted by molar-refractivity contribution is 0.881. The van der Waals surface area contributed by atoms with Crippen LogP contribution in [0.3, 0.4) is 0 Å². The van der Waals surface area contributed by atoms with E-state index in [-0.39, 0.29) is 0 Å². The van der Waals surface area contributed by atoms with Gasteiger partial charge in [0.15, 0.2) is 7.28 Å². The minimum absolute atomic E-state index is 0.650. The molecule has 0 aliphatic carbocycles. The molecule has 0 aliphatic rings. The third kappa shape index (κ3) is 3.38. The van der Waals surface area contributed by atoms with Crippen molar-refractivity contribution in [3.8, 4) is 0 Å². The molecule has 0 heterocycles. The van der Waals surface area contributed by atoms with Gasteiger partial charge in [0.25, 0.3) is 0 Å². The zero-order valence-electron chi connectivity index (χ0n) is 10.3. The van der Waals surface area contributed by atoms with Crippen molar-refractivity contribution in [2.24, 2.45) is 5.73 Å². The van der Waals surface area contributed by atoms with Crippen LogP contribution in [0.5, 0.6) is 0 Å². The molecule has 2 heteroatoms. The molecule has 0 bridgehead atoms. The van der Waals surface area contributed by atoms with E-state index in [4.69, 9.17) is 5.73 Å². The third-order valence-electron chi connectivity index (χ3n) is 3.02. The molecule has 0 saturated carbocycles. The van der Waals surface area contributed by atoms with Crippen molar-refractivity contribution in [3.63, 3.8) is 0 Å². The minimum Gasteiger partial charge on any atom is -0.326 e. The maximum atomic E-state index is 5.66. The SMILES string of the molecule is CCCCBc1c(C)cc(CN)cc1C. The Kier molecular flexibility index (Phi) is 4.90. The molecule has 1 nitrogen and oxygen atoms in total. The molecule has 0 aromatic heterocycles. The van der Waals surface area contributed by atoms with Gasteiger partial charge in [-0.3, -0.25) is 0 Å². The summed E-state index contributed by atoms with van der Waals surface area (Å²) >= 11 is 0. The summed E-state index contributed by atoms with van der Waals surface area (Å²) in [4.78, 5) is 0. The molecule has 15 heavy (non-hydrogen) atoms. The number of nitrogens with two attached hydrogens (primary N) is 1. The highest BCUT2D eigenvalue weighted by atomic mass is 14.5. The third-order valence-corrected chi connectivity index (χ3v) is 3.02. The summed E-state index contributed by atoms with van der Waals surface area (Å²) in [7, 11) is 1.22. The Morgan fingerprint density at radius 3 is 2.27 bits per heavy atom. The van der Waals surface area contributed by atoms with E-state index in [1.165, 1.54) is 48.6 Å². The van der Waals surface area contributed by atoms with Gasteiger partial charge in [-0.25, -0.2) is 0 Å². The molecular formula is C13H22BN. The fourth-order valence-corrected chi connectivity index (χ4v) is 2.15. The van der Waals surface area contributed by atoms with Crippen molar-refractivity contribution in [2.45, 2.75) is 46.5 Å². The average Bonchev–Trinajstić information content (AvgIpc) is 2.22. The fraction of sp³-hybridized carbons (Fsp3) is 0.538. The first-order chi connectivity index (χ1) is 7.19. The van der Waals surface area contributed by atoms with Gasteiger partial charge in [0.2, 0.25) is 0 Å². The van der Waals surface area contributed by atoms with Gasteiger partial charge in [0.05, 0.1) is 0 Å². The number of aryl methyl sites for hydroxylation is 2. The largest absolute Gasteiger partial charge is 0.326 e. The first kappa shape index (κ1) is 12.3. The molecule has 0 saturated heterocycles. The highest BCUT2D eigenvalue weighted by Gasteiger charge is 2.05. The van der Waals surface area contributed by atoms with Gasteiger partial charge < -0.3 is 5.73 Å². The lowest BCUT2D eigenvalue weighted by Gasteiger charge is -2.11. The Morgan fingerprint density at radius 2 is 1.80 bits per heavy atom. The van der Waals surface area contributed by atoms with Gasteiger partial charge in [-0.05, 0) is 19.4 Å². The Balaban J connectivity index is 2.79. The van der Waals surface area contributed by atoms with Gasteiger partial charge in [-0.2, -0.15) is 0 Å². The molecule has 1 aromatic carbocycles. The van der Waals surface area contributed by atoms with Crippen LogP contribution < -0.4 is 11.2 Å². The second-order valence-electron chi connectivity index (χ2n) is 4.37. The van der Waals surface area contributed by atoms with Crippen molar-refractivity contribution < 1.29 is 0 Å². The number of rotatable bonds is 5. The van der Waals surface area contributed by atoms with Crippen molar-refractivity contribution in [2.75, 3.05) is 0 Å². The van der Waals surface area contributed by atoms with E-state index >= 15 is 0 Å². The van der Waals surface area contributed by atoms with E-state index in [1.54, 1.807) is 0 Å². The molecule has 0 amide bonds. The van der Waals surface area contributed by atoms with E-state index in [1.807, 2.05) is 0 Å². The first-order valence-electron chi connectivity index (χ1n) is 5.98. The van der Waals surface area contributed by atoms with Crippen molar-refractivity contribution >= 4 is 12.7 Å². The Morgan fingerprint density at radius 1 is 1.20 bits per heavy atom. The van der Waals surface area contributed by atoms with Gasteiger partial charge in [-0.15, -0.1) is 0 Å². The molecule has 0 unspecified atom stereocenters. The second kappa shape index (κ2) is 5.97. The van der Waals surface area contributed by atoms with E-state index in [9.17, 15) is 0 Å². The van der Waals surface area contributed by atoms with Gasteiger partial charge in [-0.1, -0.05) is 54.8 Å². The van der Waals surface area contributed by atoms with E-state index < -0.39 is 0 Å². The molecule has 0 atom stereocenters. The summed E-state index contributed by atoms with van der Waals surface area (Å²) in [6.45, 7) is 7.30. The Bertz CT molecular complexity index is 297. The van der Waals surface area contributed by atoms with Crippen LogP contribution in [0.25, 0.3) is 0 Å². The molecule has 0 spiro atoms. The molecule has 1 rings (SSSR count). The maximum absolute atomic E-state index is 5.66. The Hall–Kier alpha value is -0.755. The van der Waals surface area contributed by atoms with Crippen LogP contribution in [0.15, 0.2) is 12.1 Å². The summed E-state index contributed by atoms with van der Waals surface area (Å²) in [5.41, 5.74) is 11.3. The maximum Gasteiger partial charge on any atom is 0.158 e. The standard InChI is InChI=1S/C13H22BN/c1-4-5-6-14-13-10(2)7-12(9-15)8-11(13)3/h7-8,14H,4-6,9,15H2,1-3H3. The molecule has 82 valence electrons. The van der Waals surface area contributed by atoms with Crippen LogP contribution in [0, 0.1) is 13.8 Å². The van der Waals surface area contributed by atoms with Crippen molar-refractivity contribution in [1.82, 2.24) is 0 Å². The molecule has 1 aromatic rings. The van der Waals surface area contributed by atoms with E-state index in [2.05, 4.69) is 32.9 Å². The number of hydrogen-bond acceptors (Lipinski definition) is 1. The zero-order valence-corrected chi connectivity index (χ0v) is 10.3. The molecule has 0 fully saturated rings. The van der Waals surface area contributed by atoms with Crippen LogP contribution in [-0.4, -0.2) is 7.28 Å². The highest BCUT2D eigenvalue weighted by molar-refractivity contribution is 6.54. The van der Waals surface area contributed by atoms with Crippen molar-refractivity contribution in [3.05, 3.63) is 28.8 Å². The van der Waals surface area contributed by atoms with Gasteiger partial charge in [0, 0.05) is 6.54 Å². The van der Waals surface area contributed by atoms with Crippen LogP contribution >= 0.6 is 0 Å². The van der Waals surface area contributed by atoms with E-state index in [0.717, 1.165) is 0 Å². The smallest absolute Gasteiger partial charge is 0.158 e. The predicted molar refractivity (Wildman–Crippen MR) is 70.3 cm³/mol. The normalized spacial score (nSPS) is 10.4. The van der Waals surface area contributed by atoms with Crippen LogP contribution in [0.1, 0.15) is 36.5 Å². The molecular weight excluding hydrogens is 181 g/mol. The van der Waals surface area contributed by atoms with Crippen LogP contribution in [0.2, 0.25) is 6.32 Å². The first-order valence-corrected chi connectivity index (χ1v) is 5.98. The fourth-order valence-electron chi connectivity index (χ4n) is 2.15. The van der Waals surface area contributed by atoms with Crippen molar-refractivity contribution in [1.29, 1.82) is 0 Å². The summed E-state index contributed by atoms with van der Waals surface area (Å²) in [5.74, 6) is 0. The average molecular weight is 203 g/mol. The lowest BCUT2D eigenvalue weighted by atomic mass is 9.62. The Labute approximate surface area is 94.3 Å². The van der Waals surface area contributed by atoms with Crippen LogP contribution in [0.4, 0.5) is 0 Å². The summed E-state index contributed by atoms with van der Waals surface area (Å²) < 4.78 is 0. The minimum atomic E-state index is 0.650. The summed E-state index contributed by atoms with van der Waals surface area (Å²) in [6, 6.07) is 4.46. The van der Waals surface area contributed by atoms with Crippen LogP contribution in [-0.2, 0) is 6.54 Å². The molecule has 0 radical (unpaired) electrons. The van der Waals surface area contributed by atoms with E-state index in [0.29, 0.717) is 6.54 Å². The number of unbranched alkanes of at least 4 members (excludes halogenated alkanes) is 1. The summed E-state index contributed by atoms with van der Waals surface area (Å²) in [6.07, 6.45) is 3.93. The highest BCUT2D eigenvalue weighted by Crippen LogP contribution is 2.07. The zero-order chi connectivity index (χ0) is 11.3. The van der Waals surface area contributed by atoms with Gasteiger partial charge >= 0.3 is 0 Å².